The molecule has 4 aliphatic heterocycles. The maximum atomic E-state index is 5.46. The molecule has 0 spiro atoms. The standard InChI is InChI=1S/C17H29N4S.C17H25N4S.2ClH.2Cu/c2*22-17(21-12-6-7-13-21)20-19-16(14-8-2-1-3-9-14)15-10-4-5-11-18-15;;;;/h14-15H,1-13H2,(H,20,22);4-5,10,14H,1-3,6-9,11-13H2,(H,20,22);2*1H;;/q2*-1;;;2*+2/p-2/b2*19-16-;;;;. The molecule has 5 fully saturated rings. The number of nitrogens with zero attached hydrogens (tertiary/aromatic N) is 8. The van der Waals surface area contributed by atoms with Gasteiger partial charge < -0.3 is 45.7 Å². The first-order valence-corrected chi connectivity index (χ1v) is 21.4. The molecule has 3 saturated heterocycles. The summed E-state index contributed by atoms with van der Waals surface area (Å²) in [5.41, 5.74) is 3.29. The number of halogens is 2. The van der Waals surface area contributed by atoms with E-state index in [-0.39, 0.29) is 17.1 Å². The van der Waals surface area contributed by atoms with Crippen molar-refractivity contribution < 1.29 is 50.4 Å². The van der Waals surface area contributed by atoms with Crippen LogP contribution in [0.5, 0.6) is 0 Å². The minimum Gasteiger partial charge on any atom is -0.741 e. The van der Waals surface area contributed by atoms with E-state index in [0.717, 1.165) is 70.2 Å². The maximum Gasteiger partial charge on any atom is 2.00 e. The zero-order valence-corrected chi connectivity index (χ0v) is 33.2. The van der Waals surface area contributed by atoms with Crippen molar-refractivity contribution in [3.63, 3.8) is 0 Å². The van der Waals surface area contributed by atoms with Crippen molar-refractivity contribution >= 4 is 47.0 Å². The fourth-order valence-corrected chi connectivity index (χ4v) is 7.74. The van der Waals surface area contributed by atoms with E-state index in [4.69, 9.17) is 30.6 Å². The second-order valence-electron chi connectivity index (χ2n) is 13.1. The summed E-state index contributed by atoms with van der Waals surface area (Å²) in [6.45, 7) is 5.87. The third-order valence-corrected chi connectivity index (χ3v) is 10.5. The van der Waals surface area contributed by atoms with Gasteiger partial charge in [0, 0.05) is 48.1 Å². The molecule has 48 heavy (non-hydrogen) atoms. The van der Waals surface area contributed by atoms with Gasteiger partial charge >= 0.3 is 50.4 Å². The zero-order valence-electron chi connectivity index (χ0n) is 28.0. The second-order valence-corrected chi connectivity index (χ2v) is 15.7. The summed E-state index contributed by atoms with van der Waals surface area (Å²) in [6.07, 6.45) is 27.6. The van der Waals surface area contributed by atoms with Gasteiger partial charge in [-0.25, -0.2) is 0 Å². The molecule has 0 bridgehead atoms. The van der Waals surface area contributed by atoms with E-state index in [0.29, 0.717) is 28.2 Å². The van der Waals surface area contributed by atoms with E-state index < -0.39 is 0 Å². The quantitative estimate of drug-likeness (QED) is 0.0945. The topological polar surface area (TPSA) is 84.1 Å². The molecule has 278 valence electrons. The van der Waals surface area contributed by atoms with Gasteiger partial charge in [0.2, 0.25) is 0 Å². The normalized spacial score (nSPS) is 25.0. The van der Waals surface area contributed by atoms with Gasteiger partial charge in [0.15, 0.2) is 0 Å². The molecule has 0 N–H and O–H groups in total. The van der Waals surface area contributed by atoms with Crippen molar-refractivity contribution in [2.24, 2.45) is 32.2 Å². The van der Waals surface area contributed by atoms with Crippen LogP contribution in [0.3, 0.4) is 0 Å². The van der Waals surface area contributed by atoms with E-state index in [1.165, 1.54) is 108 Å². The van der Waals surface area contributed by atoms with Crippen LogP contribution in [0.1, 0.15) is 109 Å². The summed E-state index contributed by atoms with van der Waals surface area (Å²) < 4.78 is 0. The van der Waals surface area contributed by atoms with Crippen molar-refractivity contribution in [2.45, 2.75) is 115 Å². The SMILES string of the molecule is [ClH+][Cu][ClH+].[Cu+2].[S-]/C(=N\N=C(/C1=CC=CC[N-]1)C1CCCCC1)N1CCCC1.[S-]/C(=N\N=C(\C1CCCCC1)C1CCCC[N-]1)N1CCCC1. The summed E-state index contributed by atoms with van der Waals surface area (Å²) in [7, 11) is 8.23. The van der Waals surface area contributed by atoms with Crippen LogP contribution in [0.25, 0.3) is 10.6 Å². The van der Waals surface area contributed by atoms with Crippen molar-refractivity contribution in [2.75, 3.05) is 39.3 Å². The second kappa shape index (κ2) is 24.7. The Morgan fingerprint density at radius 2 is 1.21 bits per heavy atom. The summed E-state index contributed by atoms with van der Waals surface area (Å²) in [5, 5.41) is 28.8. The Balaban J connectivity index is 0.000000236. The van der Waals surface area contributed by atoms with Gasteiger partial charge in [-0.3, -0.25) is 0 Å². The predicted molar refractivity (Wildman–Crippen MR) is 193 cm³/mol. The zero-order chi connectivity index (χ0) is 33.1. The fourth-order valence-electron chi connectivity index (χ4n) is 7.30. The Morgan fingerprint density at radius 1 is 0.688 bits per heavy atom. The molecule has 14 heteroatoms. The van der Waals surface area contributed by atoms with E-state index in [2.05, 4.69) is 73.9 Å². The third-order valence-electron chi connectivity index (χ3n) is 9.86. The third kappa shape index (κ3) is 14.3. The summed E-state index contributed by atoms with van der Waals surface area (Å²) in [6, 6.07) is 0.307. The Bertz CT molecular complexity index is 1090. The summed E-state index contributed by atoms with van der Waals surface area (Å²) in [5.74, 6) is 1.08. The number of rotatable bonds is 6. The summed E-state index contributed by atoms with van der Waals surface area (Å²) >= 11 is 11.9. The van der Waals surface area contributed by atoms with Crippen LogP contribution in [0, 0.1) is 32.0 Å². The molecule has 1 radical (unpaired) electrons. The number of likely N-dealkylation sites (tertiary alicyclic amines) is 2. The van der Waals surface area contributed by atoms with Crippen LogP contribution in [0.15, 0.2) is 44.3 Å². The minimum absolute atomic E-state index is 0. The van der Waals surface area contributed by atoms with Gasteiger partial charge in [-0.15, -0.1) is 24.9 Å². The van der Waals surface area contributed by atoms with Gasteiger partial charge in [0.1, 0.15) is 0 Å². The van der Waals surface area contributed by atoms with Gasteiger partial charge in [-0.05, 0) is 57.3 Å². The molecule has 6 rings (SSSR count). The molecular formula is C34H54Cl2Cu2N8S2. The van der Waals surface area contributed by atoms with E-state index >= 15 is 0 Å². The van der Waals surface area contributed by atoms with Crippen LogP contribution in [0.2, 0.25) is 0 Å². The first-order valence-electron chi connectivity index (χ1n) is 17.8. The molecule has 4 heterocycles. The Labute approximate surface area is 326 Å². The van der Waals surface area contributed by atoms with Crippen LogP contribution in [0.4, 0.5) is 0 Å². The van der Waals surface area contributed by atoms with Crippen molar-refractivity contribution in [3.8, 4) is 0 Å². The first kappa shape index (κ1) is 42.0. The molecule has 0 aromatic heterocycles. The average molecular weight is 837 g/mol. The van der Waals surface area contributed by atoms with Crippen LogP contribution < -0.4 is 0 Å². The monoisotopic (exact) mass is 834 g/mol. The number of piperidine rings is 1. The molecule has 2 aliphatic carbocycles. The number of hydrogen-bond donors (Lipinski definition) is 0. The molecule has 0 aromatic rings. The van der Waals surface area contributed by atoms with Crippen LogP contribution >= 0.6 is 0 Å². The number of hydrogen-bond acceptors (Lipinski definition) is 6. The maximum absolute atomic E-state index is 5.46. The molecule has 2 saturated carbocycles. The Morgan fingerprint density at radius 3 is 1.71 bits per heavy atom. The Hall–Kier alpha value is -0.421. The summed E-state index contributed by atoms with van der Waals surface area (Å²) in [4.78, 5) is 4.35. The molecule has 0 amide bonds. The van der Waals surface area contributed by atoms with E-state index in [1.54, 1.807) is 0 Å². The van der Waals surface area contributed by atoms with Crippen LogP contribution in [-0.2, 0) is 55.5 Å². The van der Waals surface area contributed by atoms with Crippen molar-refractivity contribution in [1.29, 1.82) is 0 Å². The first-order chi connectivity index (χ1) is 23.1. The number of allylic oxidation sites excluding steroid dienone is 3. The smallest absolute Gasteiger partial charge is 0.741 e. The number of amidine groups is 2. The van der Waals surface area contributed by atoms with E-state index in [9.17, 15) is 0 Å². The van der Waals surface area contributed by atoms with Crippen molar-refractivity contribution in [1.82, 2.24) is 9.80 Å². The van der Waals surface area contributed by atoms with Gasteiger partial charge in [-0.2, -0.15) is 20.4 Å². The average Bonchev–Trinajstić information content (AvgIpc) is 3.87. The largest absolute Gasteiger partial charge is 2.00 e. The fraction of sp³-hybridized carbons (Fsp3) is 0.765. The minimum atomic E-state index is 0. The molecule has 6 aliphatic rings. The van der Waals surface area contributed by atoms with Gasteiger partial charge in [0.05, 0.1) is 5.71 Å². The molecule has 0 aromatic carbocycles. The predicted octanol–water partition coefficient (Wildman–Crippen LogP) is 7.06. The van der Waals surface area contributed by atoms with Crippen LogP contribution in [-0.4, -0.2) is 76.9 Å². The van der Waals surface area contributed by atoms with E-state index in [1.807, 2.05) is 0 Å². The van der Waals surface area contributed by atoms with Gasteiger partial charge in [0.25, 0.3) is 0 Å². The molecule has 1 atom stereocenters. The molecule has 8 nitrogen and oxygen atoms in total. The van der Waals surface area contributed by atoms with Crippen molar-refractivity contribution in [3.05, 3.63) is 34.6 Å². The van der Waals surface area contributed by atoms with Gasteiger partial charge in [-0.1, -0.05) is 76.0 Å². The molecular weight excluding hydrogens is 783 g/mol. The molecule has 1 unspecified atom stereocenters. The Kier molecular flexibility index (Phi) is 21.6.